The monoisotopic (exact) mass is 407 g/mol. The second kappa shape index (κ2) is 8.94. The lowest BCUT2D eigenvalue weighted by Crippen LogP contribution is -2.45. The fourth-order valence-corrected chi connectivity index (χ4v) is 4.67. The number of carbonyl (C=O) groups is 2. The molecular formula is C20H29N3O4S. The SMILES string of the molecule is CCS(=O)(=O)c1ccc(N2CCC(NC(=O)CCN3CCCC3=O)CC2)cc1. The average molecular weight is 408 g/mol. The van der Waals surface area contributed by atoms with Gasteiger partial charge in [-0.05, 0) is 43.5 Å². The van der Waals surface area contributed by atoms with E-state index < -0.39 is 9.84 Å². The van der Waals surface area contributed by atoms with Crippen molar-refractivity contribution in [2.24, 2.45) is 0 Å². The minimum Gasteiger partial charge on any atom is -0.371 e. The van der Waals surface area contributed by atoms with Crippen molar-refractivity contribution in [3.63, 3.8) is 0 Å². The molecule has 2 amide bonds. The first-order valence-corrected chi connectivity index (χ1v) is 11.7. The summed E-state index contributed by atoms with van der Waals surface area (Å²) in [4.78, 5) is 28.1. The van der Waals surface area contributed by atoms with Crippen LogP contribution in [0.4, 0.5) is 5.69 Å². The van der Waals surface area contributed by atoms with Gasteiger partial charge in [-0.2, -0.15) is 0 Å². The van der Waals surface area contributed by atoms with Crippen molar-refractivity contribution < 1.29 is 18.0 Å². The highest BCUT2D eigenvalue weighted by Crippen LogP contribution is 2.22. The number of amides is 2. The zero-order valence-electron chi connectivity index (χ0n) is 16.4. The normalized spacial score (nSPS) is 18.5. The van der Waals surface area contributed by atoms with Gasteiger partial charge in [0.25, 0.3) is 0 Å². The Kier molecular flexibility index (Phi) is 6.59. The molecule has 1 aromatic carbocycles. The Morgan fingerprint density at radius 1 is 1.14 bits per heavy atom. The van der Waals surface area contributed by atoms with Crippen LogP contribution in [0.15, 0.2) is 29.2 Å². The molecule has 154 valence electrons. The second-order valence-corrected chi connectivity index (χ2v) is 9.74. The van der Waals surface area contributed by atoms with E-state index in [0.717, 1.165) is 44.6 Å². The number of rotatable bonds is 7. The fraction of sp³-hybridized carbons (Fsp3) is 0.600. The molecule has 0 aliphatic carbocycles. The summed E-state index contributed by atoms with van der Waals surface area (Å²) in [5, 5.41) is 3.08. The minimum atomic E-state index is -3.17. The molecule has 0 atom stereocenters. The molecule has 0 aromatic heterocycles. The summed E-state index contributed by atoms with van der Waals surface area (Å²) < 4.78 is 23.8. The summed E-state index contributed by atoms with van der Waals surface area (Å²) in [6, 6.07) is 7.20. The lowest BCUT2D eigenvalue weighted by Gasteiger charge is -2.34. The number of anilines is 1. The molecule has 0 radical (unpaired) electrons. The first-order chi connectivity index (χ1) is 13.4. The van der Waals surface area contributed by atoms with Gasteiger partial charge in [0.05, 0.1) is 10.6 Å². The summed E-state index contributed by atoms with van der Waals surface area (Å²) in [6.45, 7) is 4.55. The van der Waals surface area contributed by atoms with Gasteiger partial charge < -0.3 is 15.1 Å². The van der Waals surface area contributed by atoms with Gasteiger partial charge in [-0.1, -0.05) is 6.92 Å². The third-order valence-corrected chi connectivity index (χ3v) is 7.33. The Labute approximate surface area is 167 Å². The minimum absolute atomic E-state index is 0.00674. The highest BCUT2D eigenvalue weighted by atomic mass is 32.2. The van der Waals surface area contributed by atoms with Gasteiger partial charge in [0.2, 0.25) is 11.8 Å². The number of hydrogen-bond acceptors (Lipinski definition) is 5. The van der Waals surface area contributed by atoms with E-state index in [1.807, 2.05) is 12.1 Å². The molecule has 28 heavy (non-hydrogen) atoms. The van der Waals surface area contributed by atoms with Gasteiger partial charge >= 0.3 is 0 Å². The lowest BCUT2D eigenvalue weighted by atomic mass is 10.0. The molecular weight excluding hydrogens is 378 g/mol. The summed E-state index contributed by atoms with van der Waals surface area (Å²) in [7, 11) is -3.17. The van der Waals surface area contributed by atoms with Crippen molar-refractivity contribution >= 4 is 27.3 Å². The van der Waals surface area contributed by atoms with E-state index in [4.69, 9.17) is 0 Å². The highest BCUT2D eigenvalue weighted by Gasteiger charge is 2.23. The molecule has 0 bridgehead atoms. The molecule has 3 rings (SSSR count). The summed E-state index contributed by atoms with van der Waals surface area (Å²) >= 11 is 0. The van der Waals surface area contributed by atoms with Crippen LogP contribution in [0.2, 0.25) is 0 Å². The van der Waals surface area contributed by atoms with E-state index in [0.29, 0.717) is 24.3 Å². The number of hydrogen-bond donors (Lipinski definition) is 1. The van der Waals surface area contributed by atoms with E-state index in [9.17, 15) is 18.0 Å². The van der Waals surface area contributed by atoms with Crippen LogP contribution < -0.4 is 10.2 Å². The van der Waals surface area contributed by atoms with Crippen LogP contribution in [0.25, 0.3) is 0 Å². The van der Waals surface area contributed by atoms with Crippen LogP contribution in [0.3, 0.4) is 0 Å². The number of nitrogens with one attached hydrogen (secondary N) is 1. The van der Waals surface area contributed by atoms with Crippen molar-refractivity contribution in [3.8, 4) is 0 Å². The largest absolute Gasteiger partial charge is 0.371 e. The number of benzene rings is 1. The van der Waals surface area contributed by atoms with Gasteiger partial charge in [-0.3, -0.25) is 9.59 Å². The van der Waals surface area contributed by atoms with E-state index in [-0.39, 0.29) is 23.6 Å². The molecule has 2 saturated heterocycles. The summed E-state index contributed by atoms with van der Waals surface area (Å²) in [5.41, 5.74) is 1.01. The topological polar surface area (TPSA) is 86.8 Å². The zero-order chi connectivity index (χ0) is 20.1. The van der Waals surface area contributed by atoms with Crippen molar-refractivity contribution in [1.29, 1.82) is 0 Å². The molecule has 7 nitrogen and oxygen atoms in total. The number of carbonyl (C=O) groups excluding carboxylic acids is 2. The van der Waals surface area contributed by atoms with Gasteiger partial charge in [0, 0.05) is 50.7 Å². The Morgan fingerprint density at radius 3 is 2.39 bits per heavy atom. The first-order valence-electron chi connectivity index (χ1n) is 10.0. The molecule has 0 unspecified atom stereocenters. The van der Waals surface area contributed by atoms with Crippen molar-refractivity contribution in [2.45, 2.75) is 50.0 Å². The van der Waals surface area contributed by atoms with Gasteiger partial charge in [0.1, 0.15) is 0 Å². The Hall–Kier alpha value is -2.09. The number of sulfone groups is 1. The molecule has 2 aliphatic rings. The fourth-order valence-electron chi connectivity index (χ4n) is 3.79. The molecule has 2 fully saturated rings. The number of piperidine rings is 1. The van der Waals surface area contributed by atoms with Crippen LogP contribution in [0.5, 0.6) is 0 Å². The lowest BCUT2D eigenvalue weighted by molar-refractivity contribution is -0.128. The number of likely N-dealkylation sites (tertiary alicyclic amines) is 1. The van der Waals surface area contributed by atoms with Crippen molar-refractivity contribution in [3.05, 3.63) is 24.3 Å². The Morgan fingerprint density at radius 2 is 1.82 bits per heavy atom. The highest BCUT2D eigenvalue weighted by molar-refractivity contribution is 7.91. The predicted molar refractivity (Wildman–Crippen MR) is 108 cm³/mol. The van der Waals surface area contributed by atoms with E-state index in [1.165, 1.54) is 0 Å². The van der Waals surface area contributed by atoms with Gasteiger partial charge in [0.15, 0.2) is 9.84 Å². The van der Waals surface area contributed by atoms with Crippen LogP contribution in [-0.4, -0.2) is 63.1 Å². The summed E-state index contributed by atoms with van der Waals surface area (Å²) in [6.07, 6.45) is 3.56. The smallest absolute Gasteiger partial charge is 0.222 e. The first kappa shape index (κ1) is 20.6. The average Bonchev–Trinajstić information content (AvgIpc) is 3.12. The number of nitrogens with zero attached hydrogens (tertiary/aromatic N) is 2. The molecule has 0 saturated carbocycles. The standard InChI is InChI=1S/C20H29N3O4S/c1-2-28(26,27)18-7-5-17(6-8-18)22-13-9-16(10-14-22)21-19(24)11-15-23-12-3-4-20(23)25/h5-8,16H,2-4,9-15H2,1H3,(H,21,24). The van der Waals surface area contributed by atoms with Crippen LogP contribution in [-0.2, 0) is 19.4 Å². The van der Waals surface area contributed by atoms with Gasteiger partial charge in [-0.15, -0.1) is 0 Å². The molecule has 0 spiro atoms. The van der Waals surface area contributed by atoms with Gasteiger partial charge in [-0.25, -0.2) is 8.42 Å². The zero-order valence-corrected chi connectivity index (χ0v) is 17.2. The molecule has 2 aliphatic heterocycles. The maximum absolute atomic E-state index is 12.2. The Bertz CT molecular complexity index is 799. The Balaban J connectivity index is 1.44. The molecule has 2 heterocycles. The molecule has 1 aromatic rings. The van der Waals surface area contributed by atoms with Crippen LogP contribution in [0, 0.1) is 0 Å². The van der Waals surface area contributed by atoms with Crippen molar-refractivity contribution in [2.75, 3.05) is 36.8 Å². The summed E-state index contributed by atoms with van der Waals surface area (Å²) in [5.74, 6) is 0.259. The second-order valence-electron chi connectivity index (χ2n) is 7.46. The van der Waals surface area contributed by atoms with E-state index in [2.05, 4.69) is 10.2 Å². The third kappa shape index (κ3) is 5.04. The third-order valence-electron chi connectivity index (χ3n) is 5.58. The molecule has 8 heteroatoms. The quantitative estimate of drug-likeness (QED) is 0.742. The van der Waals surface area contributed by atoms with Crippen LogP contribution >= 0.6 is 0 Å². The van der Waals surface area contributed by atoms with Crippen molar-refractivity contribution in [1.82, 2.24) is 10.2 Å². The van der Waals surface area contributed by atoms with Crippen LogP contribution in [0.1, 0.15) is 39.0 Å². The van der Waals surface area contributed by atoms with E-state index >= 15 is 0 Å². The predicted octanol–water partition coefficient (Wildman–Crippen LogP) is 1.58. The maximum Gasteiger partial charge on any atom is 0.222 e. The van der Waals surface area contributed by atoms with E-state index in [1.54, 1.807) is 24.0 Å². The maximum atomic E-state index is 12.2. The molecule has 1 N–H and O–H groups in total.